The van der Waals surface area contributed by atoms with Crippen molar-refractivity contribution in [2.24, 2.45) is 0 Å². The van der Waals surface area contributed by atoms with Gasteiger partial charge in [-0.15, -0.1) is 0 Å². The maximum Gasteiger partial charge on any atom is 0.416 e. The van der Waals surface area contributed by atoms with E-state index in [-0.39, 0.29) is 37.6 Å². The van der Waals surface area contributed by atoms with Crippen LogP contribution in [0.25, 0.3) is 0 Å². The van der Waals surface area contributed by atoms with Gasteiger partial charge in [0.05, 0.1) is 12.1 Å². The number of halogens is 3. The maximum absolute atomic E-state index is 13.5. The minimum absolute atomic E-state index is 0.129. The molecule has 1 heterocycles. The second kappa shape index (κ2) is 13.1. The fourth-order valence-electron chi connectivity index (χ4n) is 3.82. The van der Waals surface area contributed by atoms with Crippen LogP contribution in [0.2, 0.25) is 0 Å². The van der Waals surface area contributed by atoms with E-state index in [9.17, 15) is 22.8 Å². The average molecular weight is 517 g/mol. The molecule has 0 N–H and O–H groups in total. The van der Waals surface area contributed by atoms with Crippen LogP contribution in [0.15, 0.2) is 71.1 Å². The van der Waals surface area contributed by atoms with E-state index >= 15 is 0 Å². The summed E-state index contributed by atoms with van der Waals surface area (Å²) in [5.41, 5.74) is -0.153. The minimum Gasteiger partial charge on any atom is -0.464 e. The molecule has 0 fully saturated rings. The van der Waals surface area contributed by atoms with Crippen molar-refractivity contribution >= 4 is 11.8 Å². The predicted octanol–water partition coefficient (Wildman–Crippen LogP) is 5.70. The van der Waals surface area contributed by atoms with Crippen LogP contribution in [0.3, 0.4) is 0 Å². The van der Waals surface area contributed by atoms with Gasteiger partial charge in [0.25, 0.3) is 5.91 Å². The molecule has 0 saturated carbocycles. The first-order valence-electron chi connectivity index (χ1n) is 12.1. The van der Waals surface area contributed by atoms with Crippen LogP contribution in [0, 0.1) is 6.92 Å². The molecule has 0 atom stereocenters. The van der Waals surface area contributed by atoms with Crippen molar-refractivity contribution in [2.45, 2.75) is 39.5 Å². The van der Waals surface area contributed by atoms with Crippen LogP contribution in [0.1, 0.15) is 46.3 Å². The molecule has 2 amide bonds. The lowest BCUT2D eigenvalue weighted by Gasteiger charge is -2.28. The van der Waals surface area contributed by atoms with E-state index in [2.05, 4.69) is 0 Å². The Morgan fingerprint density at radius 3 is 2.35 bits per heavy atom. The average Bonchev–Trinajstić information content (AvgIpc) is 3.29. The van der Waals surface area contributed by atoms with E-state index in [1.54, 1.807) is 24.0 Å². The molecule has 0 aliphatic rings. The summed E-state index contributed by atoms with van der Waals surface area (Å²) < 4.78 is 50.7. The first kappa shape index (κ1) is 28.0. The van der Waals surface area contributed by atoms with Crippen molar-refractivity contribution in [3.63, 3.8) is 0 Å². The lowest BCUT2D eigenvalue weighted by molar-refractivity contribution is -0.137. The monoisotopic (exact) mass is 516 g/mol. The Hall–Kier alpha value is -3.59. The quantitative estimate of drug-likeness (QED) is 0.290. The number of amides is 2. The summed E-state index contributed by atoms with van der Waals surface area (Å²) in [4.78, 5) is 29.6. The molecule has 0 radical (unpaired) electrons. The molecule has 2 aromatic carbocycles. The van der Waals surface area contributed by atoms with E-state index in [1.165, 1.54) is 17.0 Å². The lowest BCUT2D eigenvalue weighted by Crippen LogP contribution is -2.43. The molecule has 9 heteroatoms. The molecule has 3 rings (SSSR count). The predicted molar refractivity (Wildman–Crippen MR) is 133 cm³/mol. The van der Waals surface area contributed by atoms with Crippen molar-refractivity contribution in [1.82, 2.24) is 9.80 Å². The van der Waals surface area contributed by atoms with Gasteiger partial charge in [-0.05, 0) is 56.2 Å². The van der Waals surface area contributed by atoms with Gasteiger partial charge < -0.3 is 19.0 Å². The Labute approximate surface area is 214 Å². The third-order valence-corrected chi connectivity index (χ3v) is 5.68. The van der Waals surface area contributed by atoms with Crippen LogP contribution in [0.5, 0.6) is 0 Å². The first-order valence-corrected chi connectivity index (χ1v) is 12.1. The van der Waals surface area contributed by atoms with Gasteiger partial charge in [0.15, 0.2) is 0 Å². The van der Waals surface area contributed by atoms with Gasteiger partial charge in [-0.3, -0.25) is 9.59 Å². The molecule has 0 spiro atoms. The number of carbonyl (C=O) groups excluding carboxylic acids is 2. The van der Waals surface area contributed by atoms with Crippen molar-refractivity contribution in [3.8, 4) is 0 Å². The van der Waals surface area contributed by atoms with Gasteiger partial charge >= 0.3 is 6.18 Å². The number of nitrogens with zero attached hydrogens (tertiary/aromatic N) is 2. The summed E-state index contributed by atoms with van der Waals surface area (Å²) in [6.07, 6.45) is -4.15. The number of hydrogen-bond donors (Lipinski definition) is 0. The Bertz CT molecular complexity index is 1160. The van der Waals surface area contributed by atoms with E-state index in [4.69, 9.17) is 9.15 Å². The largest absolute Gasteiger partial charge is 0.464 e. The van der Waals surface area contributed by atoms with Gasteiger partial charge in [-0.1, -0.05) is 36.4 Å². The van der Waals surface area contributed by atoms with Crippen molar-refractivity contribution in [3.05, 3.63) is 94.9 Å². The van der Waals surface area contributed by atoms with Gasteiger partial charge in [0, 0.05) is 31.9 Å². The topological polar surface area (TPSA) is 63.0 Å². The molecule has 6 nitrogen and oxygen atoms in total. The van der Waals surface area contributed by atoms with Crippen LogP contribution in [-0.2, 0) is 28.8 Å². The fourth-order valence-corrected chi connectivity index (χ4v) is 3.82. The van der Waals surface area contributed by atoms with E-state index in [0.717, 1.165) is 17.7 Å². The van der Waals surface area contributed by atoms with Crippen molar-refractivity contribution in [2.75, 3.05) is 26.3 Å². The SMILES string of the molecule is CCOCCCN(CC(=O)N(Cc1ccccc1)Cc1ccc(C)o1)C(=O)c1cccc(C(F)(F)F)c1. The lowest BCUT2D eigenvalue weighted by atomic mass is 10.1. The van der Waals surface area contributed by atoms with Gasteiger partial charge in [-0.2, -0.15) is 13.2 Å². The van der Waals surface area contributed by atoms with Crippen molar-refractivity contribution in [1.29, 1.82) is 0 Å². The van der Waals surface area contributed by atoms with Gasteiger partial charge in [0.2, 0.25) is 5.91 Å². The number of hydrogen-bond acceptors (Lipinski definition) is 4. The minimum atomic E-state index is -4.58. The zero-order valence-electron chi connectivity index (χ0n) is 21.0. The summed E-state index contributed by atoms with van der Waals surface area (Å²) in [6, 6.07) is 17.2. The number of furan rings is 1. The number of alkyl halides is 3. The fraction of sp³-hybridized carbons (Fsp3) is 0.357. The van der Waals surface area contributed by atoms with E-state index < -0.39 is 17.6 Å². The third kappa shape index (κ3) is 8.49. The van der Waals surface area contributed by atoms with Crippen LogP contribution < -0.4 is 0 Å². The highest BCUT2D eigenvalue weighted by Crippen LogP contribution is 2.29. The van der Waals surface area contributed by atoms with Gasteiger partial charge in [-0.25, -0.2) is 0 Å². The van der Waals surface area contributed by atoms with Crippen LogP contribution >= 0.6 is 0 Å². The molecule has 0 bridgehead atoms. The number of benzene rings is 2. The molecular formula is C28H31F3N2O4. The first-order chi connectivity index (χ1) is 17.7. The molecular weight excluding hydrogens is 485 g/mol. The summed E-state index contributed by atoms with van der Waals surface area (Å²) in [6.45, 7) is 4.82. The van der Waals surface area contributed by atoms with Gasteiger partial charge in [0.1, 0.15) is 18.1 Å². The third-order valence-electron chi connectivity index (χ3n) is 5.68. The van der Waals surface area contributed by atoms with E-state index in [0.29, 0.717) is 31.2 Å². The number of carbonyl (C=O) groups is 2. The highest BCUT2D eigenvalue weighted by atomic mass is 19.4. The highest BCUT2D eigenvalue weighted by Gasteiger charge is 2.32. The number of ether oxygens (including phenoxy) is 1. The summed E-state index contributed by atoms with van der Waals surface area (Å²) in [5.74, 6) is 0.298. The Kier molecular flexibility index (Phi) is 9.91. The number of aryl methyl sites for hydroxylation is 1. The molecule has 1 aromatic heterocycles. The Balaban J connectivity index is 1.83. The summed E-state index contributed by atoms with van der Waals surface area (Å²) >= 11 is 0. The second-order valence-electron chi connectivity index (χ2n) is 8.60. The molecule has 0 saturated heterocycles. The van der Waals surface area contributed by atoms with E-state index in [1.807, 2.05) is 37.3 Å². The highest BCUT2D eigenvalue weighted by molar-refractivity contribution is 5.96. The number of rotatable bonds is 12. The molecule has 37 heavy (non-hydrogen) atoms. The molecule has 198 valence electrons. The normalized spacial score (nSPS) is 11.4. The van der Waals surface area contributed by atoms with Crippen LogP contribution in [-0.4, -0.2) is 47.9 Å². The summed E-state index contributed by atoms with van der Waals surface area (Å²) in [7, 11) is 0. The standard InChI is InChI=1S/C28H31F3N2O4/c1-3-36-16-8-15-32(27(35)23-11-7-12-24(17-23)28(29,30)31)20-26(34)33(18-22-9-5-4-6-10-22)19-25-14-13-21(2)37-25/h4-7,9-14,17H,3,8,15-16,18-20H2,1-2H3. The smallest absolute Gasteiger partial charge is 0.416 e. The summed E-state index contributed by atoms with van der Waals surface area (Å²) in [5, 5.41) is 0. The molecule has 0 aliphatic carbocycles. The Morgan fingerprint density at radius 1 is 0.946 bits per heavy atom. The van der Waals surface area contributed by atoms with Crippen LogP contribution in [0.4, 0.5) is 13.2 Å². The molecule has 3 aromatic rings. The molecule has 0 aliphatic heterocycles. The zero-order chi connectivity index (χ0) is 26.8. The van der Waals surface area contributed by atoms with Crippen molar-refractivity contribution < 1.29 is 31.9 Å². The zero-order valence-corrected chi connectivity index (χ0v) is 21.0. The maximum atomic E-state index is 13.5. The Morgan fingerprint density at radius 2 is 1.70 bits per heavy atom. The molecule has 0 unspecified atom stereocenters. The second-order valence-corrected chi connectivity index (χ2v) is 8.60.